The highest BCUT2D eigenvalue weighted by molar-refractivity contribution is 5.77. The van der Waals surface area contributed by atoms with Crippen molar-refractivity contribution in [3.8, 4) is 0 Å². The molecule has 0 aromatic carbocycles. The maximum absolute atomic E-state index is 10.9. The van der Waals surface area contributed by atoms with Gasteiger partial charge in [0.25, 0.3) is 0 Å². The molecule has 0 saturated carbocycles. The number of carbonyl (C=O) groups is 2. The van der Waals surface area contributed by atoms with E-state index in [1.165, 1.54) is 0 Å². The summed E-state index contributed by atoms with van der Waals surface area (Å²) in [6.07, 6.45) is 3.07. The Bertz CT molecular complexity index is 187. The number of rotatable bonds is 7. The smallest absolute Gasteiger partial charge is 0.305 e. The van der Waals surface area contributed by atoms with Gasteiger partial charge in [-0.25, -0.2) is 0 Å². The molecule has 0 aromatic rings. The number of unbranched alkanes of at least 4 members (excludes halogenated alkanes) is 1. The number of Topliss-reactive ketones (excluding diaryl/α,β-unsaturated/α-hetero) is 1. The van der Waals surface area contributed by atoms with Gasteiger partial charge in [0, 0.05) is 12.3 Å². The summed E-state index contributed by atoms with van der Waals surface area (Å²) in [5.41, 5.74) is 0. The standard InChI is InChI=1S/C11H20O3/c1-4-14-11(13)8-6-5-7-9(2)10(3)12/h9H,4-8H2,1-3H3. The summed E-state index contributed by atoms with van der Waals surface area (Å²) in [4.78, 5) is 21.8. The lowest BCUT2D eigenvalue weighted by Crippen LogP contribution is -2.07. The number of carbonyl (C=O) groups excluding carboxylic acids is 2. The van der Waals surface area contributed by atoms with Crippen molar-refractivity contribution in [2.75, 3.05) is 6.61 Å². The lowest BCUT2D eigenvalue weighted by atomic mass is 10.00. The highest BCUT2D eigenvalue weighted by atomic mass is 16.5. The van der Waals surface area contributed by atoms with Crippen LogP contribution in [0.4, 0.5) is 0 Å². The zero-order valence-electron chi connectivity index (χ0n) is 9.34. The highest BCUT2D eigenvalue weighted by Gasteiger charge is 2.07. The highest BCUT2D eigenvalue weighted by Crippen LogP contribution is 2.10. The minimum Gasteiger partial charge on any atom is -0.466 e. The molecule has 0 rings (SSSR count). The molecular formula is C11H20O3. The predicted molar refractivity (Wildman–Crippen MR) is 54.9 cm³/mol. The molecule has 0 aromatic heterocycles. The van der Waals surface area contributed by atoms with E-state index in [1.807, 2.05) is 6.92 Å². The molecule has 14 heavy (non-hydrogen) atoms. The van der Waals surface area contributed by atoms with Gasteiger partial charge in [-0.2, -0.15) is 0 Å². The average molecular weight is 200 g/mol. The van der Waals surface area contributed by atoms with Gasteiger partial charge in [0.2, 0.25) is 0 Å². The first-order valence-corrected chi connectivity index (χ1v) is 5.24. The number of hydrogen-bond donors (Lipinski definition) is 0. The van der Waals surface area contributed by atoms with Crippen LogP contribution in [0.25, 0.3) is 0 Å². The first-order chi connectivity index (χ1) is 6.57. The van der Waals surface area contributed by atoms with Crippen LogP contribution in [-0.2, 0) is 14.3 Å². The van der Waals surface area contributed by atoms with Crippen LogP contribution in [0.1, 0.15) is 46.5 Å². The molecule has 0 radical (unpaired) electrons. The van der Waals surface area contributed by atoms with Crippen molar-refractivity contribution >= 4 is 11.8 Å². The summed E-state index contributed by atoms with van der Waals surface area (Å²) in [7, 11) is 0. The third-order valence-electron chi connectivity index (χ3n) is 2.27. The lowest BCUT2D eigenvalue weighted by Gasteiger charge is -2.06. The molecular weight excluding hydrogens is 180 g/mol. The second kappa shape index (κ2) is 7.54. The zero-order chi connectivity index (χ0) is 11.0. The first kappa shape index (κ1) is 13.1. The van der Waals surface area contributed by atoms with E-state index in [4.69, 9.17) is 4.74 Å². The van der Waals surface area contributed by atoms with Gasteiger partial charge in [-0.1, -0.05) is 13.3 Å². The van der Waals surface area contributed by atoms with Crippen LogP contribution in [0.5, 0.6) is 0 Å². The Balaban J connectivity index is 3.37. The summed E-state index contributed by atoms with van der Waals surface area (Å²) in [5.74, 6) is 0.210. The summed E-state index contributed by atoms with van der Waals surface area (Å²) < 4.78 is 4.79. The third-order valence-corrected chi connectivity index (χ3v) is 2.27. The molecule has 0 amide bonds. The van der Waals surface area contributed by atoms with E-state index in [1.54, 1.807) is 13.8 Å². The summed E-state index contributed by atoms with van der Waals surface area (Å²) in [6.45, 7) is 5.78. The van der Waals surface area contributed by atoms with Crippen molar-refractivity contribution in [1.29, 1.82) is 0 Å². The Morgan fingerprint density at radius 1 is 1.29 bits per heavy atom. The van der Waals surface area contributed by atoms with Gasteiger partial charge in [-0.3, -0.25) is 9.59 Å². The van der Waals surface area contributed by atoms with Gasteiger partial charge in [-0.15, -0.1) is 0 Å². The molecule has 0 aliphatic heterocycles. The average Bonchev–Trinajstić information content (AvgIpc) is 2.12. The topological polar surface area (TPSA) is 43.4 Å². The van der Waals surface area contributed by atoms with Crippen molar-refractivity contribution < 1.29 is 14.3 Å². The summed E-state index contributed by atoms with van der Waals surface area (Å²) >= 11 is 0. The van der Waals surface area contributed by atoms with E-state index in [2.05, 4.69) is 0 Å². The van der Waals surface area contributed by atoms with Gasteiger partial charge < -0.3 is 4.74 Å². The predicted octanol–water partition coefficient (Wildman–Crippen LogP) is 2.33. The van der Waals surface area contributed by atoms with Crippen molar-refractivity contribution in [3.63, 3.8) is 0 Å². The molecule has 3 heteroatoms. The van der Waals surface area contributed by atoms with Crippen molar-refractivity contribution in [3.05, 3.63) is 0 Å². The number of ether oxygens (including phenoxy) is 1. The van der Waals surface area contributed by atoms with Gasteiger partial charge >= 0.3 is 5.97 Å². The van der Waals surface area contributed by atoms with Crippen molar-refractivity contribution in [2.24, 2.45) is 5.92 Å². The van der Waals surface area contributed by atoms with Crippen LogP contribution in [0.2, 0.25) is 0 Å². The fourth-order valence-corrected chi connectivity index (χ4v) is 1.16. The van der Waals surface area contributed by atoms with Crippen molar-refractivity contribution in [1.82, 2.24) is 0 Å². The van der Waals surface area contributed by atoms with E-state index in [-0.39, 0.29) is 17.7 Å². The number of ketones is 1. The Hall–Kier alpha value is -0.860. The third kappa shape index (κ3) is 6.63. The molecule has 1 atom stereocenters. The maximum atomic E-state index is 10.9. The summed E-state index contributed by atoms with van der Waals surface area (Å²) in [5, 5.41) is 0. The van der Waals surface area contributed by atoms with Gasteiger partial charge in [0.15, 0.2) is 0 Å². The molecule has 82 valence electrons. The quantitative estimate of drug-likeness (QED) is 0.468. The number of hydrogen-bond acceptors (Lipinski definition) is 3. The fourth-order valence-electron chi connectivity index (χ4n) is 1.16. The molecule has 0 heterocycles. The molecule has 0 aliphatic rings. The van der Waals surface area contributed by atoms with E-state index in [9.17, 15) is 9.59 Å². The number of esters is 1. The van der Waals surface area contributed by atoms with E-state index in [0.29, 0.717) is 13.0 Å². The zero-order valence-corrected chi connectivity index (χ0v) is 9.34. The SMILES string of the molecule is CCOC(=O)CCCCC(C)C(C)=O. The summed E-state index contributed by atoms with van der Waals surface area (Å²) in [6, 6.07) is 0. The monoisotopic (exact) mass is 200 g/mol. The molecule has 0 N–H and O–H groups in total. The molecule has 3 nitrogen and oxygen atoms in total. The first-order valence-electron chi connectivity index (χ1n) is 5.24. The van der Waals surface area contributed by atoms with E-state index < -0.39 is 0 Å². The Morgan fingerprint density at radius 2 is 1.93 bits per heavy atom. The molecule has 0 bridgehead atoms. The van der Waals surface area contributed by atoms with Gasteiger partial charge in [-0.05, 0) is 26.7 Å². The lowest BCUT2D eigenvalue weighted by molar-refractivity contribution is -0.143. The van der Waals surface area contributed by atoms with Crippen LogP contribution in [0.3, 0.4) is 0 Å². The fraction of sp³-hybridized carbons (Fsp3) is 0.818. The second-order valence-electron chi connectivity index (χ2n) is 3.56. The molecule has 0 aliphatic carbocycles. The Morgan fingerprint density at radius 3 is 2.43 bits per heavy atom. The van der Waals surface area contributed by atoms with Crippen LogP contribution in [-0.4, -0.2) is 18.4 Å². The van der Waals surface area contributed by atoms with Crippen LogP contribution in [0, 0.1) is 5.92 Å². The molecule has 0 spiro atoms. The van der Waals surface area contributed by atoms with Crippen molar-refractivity contribution in [2.45, 2.75) is 46.5 Å². The molecule has 0 saturated heterocycles. The van der Waals surface area contributed by atoms with Crippen LogP contribution >= 0.6 is 0 Å². The molecule has 0 fully saturated rings. The second-order valence-corrected chi connectivity index (χ2v) is 3.56. The maximum Gasteiger partial charge on any atom is 0.305 e. The van der Waals surface area contributed by atoms with E-state index in [0.717, 1.165) is 19.3 Å². The van der Waals surface area contributed by atoms with Gasteiger partial charge in [0.1, 0.15) is 5.78 Å². The minimum atomic E-state index is -0.136. The van der Waals surface area contributed by atoms with Gasteiger partial charge in [0.05, 0.1) is 6.61 Å². The van der Waals surface area contributed by atoms with Crippen LogP contribution < -0.4 is 0 Å². The van der Waals surface area contributed by atoms with Crippen LogP contribution in [0.15, 0.2) is 0 Å². The van der Waals surface area contributed by atoms with E-state index >= 15 is 0 Å². The Labute approximate surface area is 85.8 Å². The minimum absolute atomic E-state index is 0.122. The largest absolute Gasteiger partial charge is 0.466 e. The normalized spacial score (nSPS) is 12.2. The molecule has 1 unspecified atom stereocenters. The Kier molecular flexibility index (Phi) is 7.07.